The Labute approximate surface area is 220 Å². The zero-order chi connectivity index (χ0) is 25.9. The van der Waals surface area contributed by atoms with Crippen LogP contribution in [0.25, 0.3) is 0 Å². The van der Waals surface area contributed by atoms with Gasteiger partial charge in [-0.2, -0.15) is 4.98 Å². The Morgan fingerprint density at radius 2 is 1.54 bits per heavy atom. The number of carbonyl (C=O) groups is 1. The Morgan fingerprint density at radius 1 is 0.838 bits per heavy atom. The van der Waals surface area contributed by atoms with Gasteiger partial charge in [-0.15, -0.1) is 0 Å². The fourth-order valence-electron chi connectivity index (χ4n) is 4.52. The standard InChI is InChI=1S/C20H28N6.C9H11NO/c1-24-13-15-25(16-14-24)18-7-5-17(6-8-18)22-20-21-10-9-19(23-20)26-11-3-2-4-12-26;1-8-2-4-9(5-3-8)6-10-7-11/h5-10H,2-4,11-16H2,1H3,(H,21,22,23);2-5,7H,6H2,1H3,(H,10,11). The molecule has 1 aromatic heterocycles. The fraction of sp³-hybridized carbons (Fsp3) is 0.414. The summed E-state index contributed by atoms with van der Waals surface area (Å²) >= 11 is 0. The first-order valence-corrected chi connectivity index (χ1v) is 13.2. The number of anilines is 4. The molecule has 0 radical (unpaired) electrons. The Bertz CT molecular complexity index is 1090. The molecule has 0 bridgehead atoms. The molecule has 0 atom stereocenters. The highest BCUT2D eigenvalue weighted by Gasteiger charge is 2.15. The van der Waals surface area contributed by atoms with Crippen LogP contribution in [0.3, 0.4) is 0 Å². The topological polar surface area (TPSA) is 76.6 Å². The van der Waals surface area contributed by atoms with E-state index in [0.29, 0.717) is 18.9 Å². The highest BCUT2D eigenvalue weighted by Crippen LogP contribution is 2.23. The van der Waals surface area contributed by atoms with Gasteiger partial charge in [-0.25, -0.2) is 4.98 Å². The molecular weight excluding hydrogens is 462 g/mol. The normalized spacial score (nSPS) is 15.9. The summed E-state index contributed by atoms with van der Waals surface area (Å²) in [5, 5.41) is 5.95. The van der Waals surface area contributed by atoms with Crippen molar-refractivity contribution in [1.29, 1.82) is 0 Å². The number of piperazine rings is 1. The van der Waals surface area contributed by atoms with Crippen LogP contribution in [0.2, 0.25) is 0 Å². The van der Waals surface area contributed by atoms with E-state index in [1.165, 1.54) is 30.5 Å². The first-order chi connectivity index (χ1) is 18.1. The summed E-state index contributed by atoms with van der Waals surface area (Å²) in [4.78, 5) is 26.2. The monoisotopic (exact) mass is 501 g/mol. The third-order valence-electron chi connectivity index (χ3n) is 6.82. The van der Waals surface area contributed by atoms with Crippen LogP contribution in [0.5, 0.6) is 0 Å². The van der Waals surface area contributed by atoms with Crippen LogP contribution >= 0.6 is 0 Å². The first kappa shape index (κ1) is 26.4. The van der Waals surface area contributed by atoms with Crippen LogP contribution in [-0.2, 0) is 11.3 Å². The van der Waals surface area contributed by atoms with Crippen LogP contribution < -0.4 is 20.4 Å². The van der Waals surface area contributed by atoms with E-state index in [0.717, 1.165) is 56.3 Å². The lowest BCUT2D eigenvalue weighted by atomic mass is 10.1. The van der Waals surface area contributed by atoms with Gasteiger partial charge in [-0.1, -0.05) is 29.8 Å². The number of nitrogens with zero attached hydrogens (tertiary/aromatic N) is 5. The molecule has 2 fully saturated rings. The van der Waals surface area contributed by atoms with Crippen LogP contribution in [0.1, 0.15) is 30.4 Å². The molecule has 5 rings (SSSR count). The molecule has 8 nitrogen and oxygen atoms in total. The molecular formula is C29H39N7O. The minimum atomic E-state index is 0.615. The lowest BCUT2D eigenvalue weighted by Crippen LogP contribution is -2.44. The summed E-state index contributed by atoms with van der Waals surface area (Å²) in [6.07, 6.45) is 6.38. The van der Waals surface area contributed by atoms with Gasteiger partial charge >= 0.3 is 0 Å². The second-order valence-corrected chi connectivity index (χ2v) is 9.73. The van der Waals surface area contributed by atoms with Crippen LogP contribution in [0, 0.1) is 6.92 Å². The maximum atomic E-state index is 9.93. The predicted molar refractivity (Wildman–Crippen MR) is 152 cm³/mol. The zero-order valence-corrected chi connectivity index (χ0v) is 22.1. The van der Waals surface area contributed by atoms with E-state index in [4.69, 9.17) is 4.98 Å². The smallest absolute Gasteiger partial charge is 0.229 e. The average molecular weight is 502 g/mol. The molecule has 0 spiro atoms. The number of aromatic nitrogens is 2. The number of nitrogens with one attached hydrogen (secondary N) is 2. The predicted octanol–water partition coefficient (Wildman–Crippen LogP) is 4.20. The number of benzene rings is 2. The van der Waals surface area contributed by atoms with E-state index >= 15 is 0 Å². The lowest BCUT2D eigenvalue weighted by Gasteiger charge is -2.34. The van der Waals surface area contributed by atoms with Crippen LogP contribution in [0.15, 0.2) is 60.8 Å². The molecule has 0 saturated carbocycles. The van der Waals surface area contributed by atoms with Gasteiger partial charge in [-0.05, 0) is 69.1 Å². The molecule has 8 heteroatoms. The third kappa shape index (κ3) is 8.18. The molecule has 2 aliphatic heterocycles. The highest BCUT2D eigenvalue weighted by molar-refractivity contribution is 5.60. The van der Waals surface area contributed by atoms with Gasteiger partial charge in [0.1, 0.15) is 5.82 Å². The van der Waals surface area contributed by atoms with E-state index in [2.05, 4.69) is 61.6 Å². The zero-order valence-electron chi connectivity index (χ0n) is 22.1. The highest BCUT2D eigenvalue weighted by atomic mass is 16.1. The number of carbonyl (C=O) groups excluding carboxylic acids is 1. The Balaban J connectivity index is 0.000000245. The summed E-state index contributed by atoms with van der Waals surface area (Å²) in [7, 11) is 2.18. The van der Waals surface area contributed by atoms with E-state index in [-0.39, 0.29) is 0 Å². The Hall–Kier alpha value is -3.65. The number of amides is 1. The number of rotatable bonds is 7. The second kappa shape index (κ2) is 13.6. The minimum absolute atomic E-state index is 0.615. The number of piperidine rings is 1. The lowest BCUT2D eigenvalue weighted by molar-refractivity contribution is -0.109. The van der Waals surface area contributed by atoms with Crippen molar-refractivity contribution in [3.63, 3.8) is 0 Å². The molecule has 3 heterocycles. The van der Waals surface area contributed by atoms with E-state index in [1.54, 1.807) is 0 Å². The van der Waals surface area contributed by atoms with Crippen molar-refractivity contribution < 1.29 is 4.79 Å². The molecule has 2 N–H and O–H groups in total. The van der Waals surface area contributed by atoms with E-state index < -0.39 is 0 Å². The first-order valence-electron chi connectivity index (χ1n) is 13.2. The minimum Gasteiger partial charge on any atom is -0.369 e. The summed E-state index contributed by atoms with van der Waals surface area (Å²) in [6.45, 7) is 9.26. The van der Waals surface area contributed by atoms with Crippen molar-refractivity contribution in [2.45, 2.75) is 32.7 Å². The summed E-state index contributed by atoms with van der Waals surface area (Å²) in [5.41, 5.74) is 4.67. The molecule has 0 aliphatic carbocycles. The van der Waals surface area contributed by atoms with Crippen LogP contribution in [0.4, 0.5) is 23.1 Å². The van der Waals surface area contributed by atoms with Crippen molar-refractivity contribution in [2.24, 2.45) is 0 Å². The fourth-order valence-corrected chi connectivity index (χ4v) is 4.52. The molecule has 2 saturated heterocycles. The van der Waals surface area contributed by atoms with Crippen molar-refractivity contribution in [2.75, 3.05) is 61.4 Å². The summed E-state index contributed by atoms with van der Waals surface area (Å²) < 4.78 is 0. The van der Waals surface area contributed by atoms with E-state index in [1.807, 2.05) is 43.5 Å². The van der Waals surface area contributed by atoms with Gasteiger partial charge in [0, 0.05) is 63.4 Å². The average Bonchev–Trinajstić information content (AvgIpc) is 2.95. The number of hydrogen-bond donors (Lipinski definition) is 2. The van der Waals surface area contributed by atoms with Crippen LogP contribution in [-0.4, -0.2) is 67.6 Å². The second-order valence-electron chi connectivity index (χ2n) is 9.73. The van der Waals surface area contributed by atoms with Crippen molar-refractivity contribution in [1.82, 2.24) is 20.2 Å². The van der Waals surface area contributed by atoms with Gasteiger partial charge in [0.2, 0.25) is 12.4 Å². The summed E-state index contributed by atoms with van der Waals surface area (Å²) in [6, 6.07) is 18.7. The number of hydrogen-bond acceptors (Lipinski definition) is 7. The van der Waals surface area contributed by atoms with Gasteiger partial charge in [-0.3, -0.25) is 4.79 Å². The molecule has 2 aromatic carbocycles. The SMILES string of the molecule is CN1CCN(c2ccc(Nc3nccc(N4CCCCC4)n3)cc2)CC1.Cc1ccc(CNC=O)cc1. The number of likely N-dealkylation sites (N-methyl/N-ethyl adjacent to an activating group) is 1. The van der Waals surface area contributed by atoms with Crippen molar-refractivity contribution >= 4 is 29.6 Å². The van der Waals surface area contributed by atoms with Gasteiger partial charge in [0.25, 0.3) is 0 Å². The largest absolute Gasteiger partial charge is 0.369 e. The Morgan fingerprint density at radius 3 is 2.22 bits per heavy atom. The summed E-state index contributed by atoms with van der Waals surface area (Å²) in [5.74, 6) is 1.69. The molecule has 196 valence electrons. The van der Waals surface area contributed by atoms with Gasteiger partial charge in [0.05, 0.1) is 0 Å². The maximum Gasteiger partial charge on any atom is 0.229 e. The molecule has 37 heavy (non-hydrogen) atoms. The third-order valence-corrected chi connectivity index (χ3v) is 6.82. The number of aryl methyl sites for hydroxylation is 1. The Kier molecular flexibility index (Phi) is 9.71. The van der Waals surface area contributed by atoms with Crippen molar-refractivity contribution in [3.8, 4) is 0 Å². The van der Waals surface area contributed by atoms with Gasteiger partial charge < -0.3 is 25.3 Å². The van der Waals surface area contributed by atoms with E-state index in [9.17, 15) is 4.79 Å². The maximum absolute atomic E-state index is 9.93. The quantitative estimate of drug-likeness (QED) is 0.470. The molecule has 2 aliphatic rings. The van der Waals surface area contributed by atoms with Gasteiger partial charge in [0.15, 0.2) is 0 Å². The molecule has 1 amide bonds. The molecule has 3 aromatic rings. The van der Waals surface area contributed by atoms with Crippen molar-refractivity contribution in [3.05, 3.63) is 71.9 Å². The molecule has 0 unspecified atom stereocenters.